The van der Waals surface area contributed by atoms with Crippen LogP contribution in [0.25, 0.3) is 0 Å². The molecule has 4 nitrogen and oxygen atoms in total. The van der Waals surface area contributed by atoms with Gasteiger partial charge in [-0.3, -0.25) is 11.3 Å². The Balaban J connectivity index is 2.82. The summed E-state index contributed by atoms with van der Waals surface area (Å²) in [5.41, 5.74) is 3.98. The molecule has 0 amide bonds. The third kappa shape index (κ3) is 3.23. The predicted octanol–water partition coefficient (Wildman–Crippen LogP) is 2.60. The van der Waals surface area contributed by atoms with Crippen molar-refractivity contribution in [3.8, 4) is 0 Å². The SMILES string of the molecule is CCC(C)CC(NN)c1snnc1C(C)C. The molecular formula is C11H22N4S. The molecule has 0 aliphatic heterocycles. The molecule has 2 unspecified atom stereocenters. The third-order valence-corrected chi connectivity index (χ3v) is 3.79. The molecule has 0 aromatic carbocycles. The van der Waals surface area contributed by atoms with Crippen molar-refractivity contribution in [2.45, 2.75) is 52.5 Å². The van der Waals surface area contributed by atoms with E-state index in [0.717, 1.165) is 12.1 Å². The molecule has 0 aliphatic carbocycles. The van der Waals surface area contributed by atoms with Crippen LogP contribution in [0.3, 0.4) is 0 Å². The van der Waals surface area contributed by atoms with Crippen molar-refractivity contribution >= 4 is 11.5 Å². The van der Waals surface area contributed by atoms with E-state index in [4.69, 9.17) is 5.84 Å². The summed E-state index contributed by atoms with van der Waals surface area (Å²) in [6, 6.07) is 0.187. The average Bonchev–Trinajstić information content (AvgIpc) is 2.74. The summed E-state index contributed by atoms with van der Waals surface area (Å²) in [5, 5.41) is 4.19. The first-order chi connectivity index (χ1) is 7.60. The molecule has 0 radical (unpaired) electrons. The molecule has 16 heavy (non-hydrogen) atoms. The number of nitrogens with zero attached hydrogens (tertiary/aromatic N) is 2. The maximum Gasteiger partial charge on any atom is 0.0829 e. The standard InChI is InChI=1S/C11H22N4S/c1-5-8(4)6-9(13-12)11-10(7(2)3)14-15-16-11/h7-9,13H,5-6,12H2,1-4H3. The highest BCUT2D eigenvalue weighted by Crippen LogP contribution is 2.30. The summed E-state index contributed by atoms with van der Waals surface area (Å²) in [6.45, 7) is 8.72. The second-order valence-electron chi connectivity index (χ2n) is 4.65. The van der Waals surface area contributed by atoms with Gasteiger partial charge in [0.25, 0.3) is 0 Å². The van der Waals surface area contributed by atoms with E-state index in [1.165, 1.54) is 22.8 Å². The molecule has 1 heterocycles. The van der Waals surface area contributed by atoms with Crippen LogP contribution >= 0.6 is 11.5 Å². The fourth-order valence-corrected chi connectivity index (χ4v) is 2.54. The van der Waals surface area contributed by atoms with E-state index in [1.54, 1.807) is 0 Å². The molecule has 0 spiro atoms. The van der Waals surface area contributed by atoms with Gasteiger partial charge in [0.05, 0.1) is 16.6 Å². The van der Waals surface area contributed by atoms with E-state index in [2.05, 4.69) is 42.7 Å². The first-order valence-corrected chi connectivity index (χ1v) is 6.65. The summed E-state index contributed by atoms with van der Waals surface area (Å²) < 4.78 is 4.04. The number of nitrogens with one attached hydrogen (secondary N) is 1. The molecule has 1 rings (SSSR count). The second kappa shape index (κ2) is 6.27. The van der Waals surface area contributed by atoms with E-state index in [0.29, 0.717) is 11.8 Å². The molecule has 0 saturated heterocycles. The Kier molecular flexibility index (Phi) is 5.31. The molecule has 0 fully saturated rings. The Bertz CT molecular complexity index is 311. The largest absolute Gasteiger partial charge is 0.271 e. The van der Waals surface area contributed by atoms with Crippen LogP contribution in [0.1, 0.15) is 63.1 Å². The predicted molar refractivity (Wildman–Crippen MR) is 68.1 cm³/mol. The molecule has 0 aliphatic rings. The highest BCUT2D eigenvalue weighted by Gasteiger charge is 2.21. The lowest BCUT2D eigenvalue weighted by Crippen LogP contribution is -2.29. The van der Waals surface area contributed by atoms with Crippen molar-refractivity contribution in [3.05, 3.63) is 10.6 Å². The van der Waals surface area contributed by atoms with Gasteiger partial charge in [0, 0.05) is 0 Å². The minimum Gasteiger partial charge on any atom is -0.271 e. The lowest BCUT2D eigenvalue weighted by Gasteiger charge is -2.19. The van der Waals surface area contributed by atoms with Gasteiger partial charge in [0.15, 0.2) is 0 Å². The van der Waals surface area contributed by atoms with E-state index >= 15 is 0 Å². The number of hydrogen-bond donors (Lipinski definition) is 2. The maximum atomic E-state index is 5.64. The van der Waals surface area contributed by atoms with Crippen LogP contribution in [-0.2, 0) is 0 Å². The Morgan fingerprint density at radius 1 is 1.38 bits per heavy atom. The Labute approximate surface area is 102 Å². The van der Waals surface area contributed by atoms with Gasteiger partial charge in [-0.15, -0.1) is 5.10 Å². The van der Waals surface area contributed by atoms with Crippen LogP contribution in [0.5, 0.6) is 0 Å². The van der Waals surface area contributed by atoms with E-state index in [-0.39, 0.29) is 6.04 Å². The second-order valence-corrected chi connectivity index (χ2v) is 5.43. The minimum absolute atomic E-state index is 0.187. The average molecular weight is 242 g/mol. The van der Waals surface area contributed by atoms with Gasteiger partial charge in [-0.05, 0) is 29.8 Å². The summed E-state index contributed by atoms with van der Waals surface area (Å²) in [4.78, 5) is 1.19. The molecule has 2 atom stereocenters. The Morgan fingerprint density at radius 3 is 2.56 bits per heavy atom. The van der Waals surface area contributed by atoms with Crippen molar-refractivity contribution in [2.75, 3.05) is 0 Å². The molecule has 3 N–H and O–H groups in total. The first-order valence-electron chi connectivity index (χ1n) is 5.88. The maximum absolute atomic E-state index is 5.64. The summed E-state index contributed by atoms with van der Waals surface area (Å²) in [5.74, 6) is 6.70. The first kappa shape index (κ1) is 13.5. The highest BCUT2D eigenvalue weighted by atomic mass is 32.1. The van der Waals surface area contributed by atoms with Crippen LogP contribution in [0, 0.1) is 5.92 Å². The third-order valence-electron chi connectivity index (χ3n) is 2.94. The van der Waals surface area contributed by atoms with Gasteiger partial charge in [-0.25, -0.2) is 0 Å². The Hall–Kier alpha value is -0.520. The van der Waals surface area contributed by atoms with Gasteiger partial charge < -0.3 is 0 Å². The number of rotatable bonds is 6. The summed E-state index contributed by atoms with van der Waals surface area (Å²) in [7, 11) is 0. The van der Waals surface area contributed by atoms with Crippen molar-refractivity contribution in [2.24, 2.45) is 11.8 Å². The zero-order chi connectivity index (χ0) is 12.1. The molecular weight excluding hydrogens is 220 g/mol. The normalized spacial score (nSPS) is 15.4. The van der Waals surface area contributed by atoms with Crippen LogP contribution < -0.4 is 11.3 Å². The molecule has 5 heteroatoms. The van der Waals surface area contributed by atoms with Gasteiger partial charge in [-0.1, -0.05) is 38.6 Å². The fourth-order valence-electron chi connectivity index (χ4n) is 1.67. The number of hydrazine groups is 1. The Morgan fingerprint density at radius 2 is 2.06 bits per heavy atom. The van der Waals surface area contributed by atoms with Crippen LogP contribution in [-0.4, -0.2) is 9.59 Å². The quantitative estimate of drug-likeness (QED) is 0.594. The summed E-state index contributed by atoms with van der Waals surface area (Å²) >= 11 is 1.46. The lowest BCUT2D eigenvalue weighted by molar-refractivity contribution is 0.409. The highest BCUT2D eigenvalue weighted by molar-refractivity contribution is 7.05. The van der Waals surface area contributed by atoms with E-state index < -0.39 is 0 Å². The van der Waals surface area contributed by atoms with E-state index in [9.17, 15) is 0 Å². The molecule has 0 saturated carbocycles. The molecule has 1 aromatic heterocycles. The molecule has 0 bridgehead atoms. The fraction of sp³-hybridized carbons (Fsp3) is 0.818. The lowest BCUT2D eigenvalue weighted by atomic mass is 9.96. The van der Waals surface area contributed by atoms with E-state index in [1.807, 2.05) is 0 Å². The van der Waals surface area contributed by atoms with Crippen molar-refractivity contribution in [1.29, 1.82) is 0 Å². The number of nitrogens with two attached hydrogens (primary N) is 1. The zero-order valence-electron chi connectivity index (χ0n) is 10.5. The van der Waals surface area contributed by atoms with Gasteiger partial charge in [0.1, 0.15) is 0 Å². The molecule has 92 valence electrons. The zero-order valence-corrected chi connectivity index (χ0v) is 11.3. The van der Waals surface area contributed by atoms with Gasteiger partial charge in [-0.2, -0.15) is 0 Å². The number of hydrogen-bond acceptors (Lipinski definition) is 5. The van der Waals surface area contributed by atoms with Crippen LogP contribution in [0.15, 0.2) is 0 Å². The monoisotopic (exact) mass is 242 g/mol. The smallest absolute Gasteiger partial charge is 0.0829 e. The van der Waals surface area contributed by atoms with Crippen LogP contribution in [0.4, 0.5) is 0 Å². The van der Waals surface area contributed by atoms with Crippen LogP contribution in [0.2, 0.25) is 0 Å². The van der Waals surface area contributed by atoms with Crippen molar-refractivity contribution in [3.63, 3.8) is 0 Å². The number of aromatic nitrogens is 2. The van der Waals surface area contributed by atoms with Gasteiger partial charge in [0.2, 0.25) is 0 Å². The molecule has 1 aromatic rings. The van der Waals surface area contributed by atoms with Crippen molar-refractivity contribution in [1.82, 2.24) is 15.0 Å². The van der Waals surface area contributed by atoms with Crippen molar-refractivity contribution < 1.29 is 0 Å². The summed E-state index contributed by atoms with van der Waals surface area (Å²) in [6.07, 6.45) is 2.21. The van der Waals surface area contributed by atoms with Gasteiger partial charge >= 0.3 is 0 Å². The topological polar surface area (TPSA) is 63.8 Å². The minimum atomic E-state index is 0.187.